The molecule has 1 aromatic heterocycles. The predicted molar refractivity (Wildman–Crippen MR) is 137 cm³/mol. The molecule has 0 amide bonds. The Bertz CT molecular complexity index is 1230. The fourth-order valence-corrected chi connectivity index (χ4v) is 8.53. The fourth-order valence-electron chi connectivity index (χ4n) is 8.53. The van der Waals surface area contributed by atoms with Crippen molar-refractivity contribution in [3.8, 4) is 0 Å². The van der Waals surface area contributed by atoms with Crippen LogP contribution in [0.3, 0.4) is 0 Å². The smallest absolute Gasteiger partial charge is 0.339 e. The zero-order chi connectivity index (χ0) is 28.6. The van der Waals surface area contributed by atoms with E-state index in [9.17, 15) is 19.2 Å². The highest BCUT2D eigenvalue weighted by atomic mass is 16.7. The molecule has 8 atom stereocenters. The van der Waals surface area contributed by atoms with Crippen molar-refractivity contribution in [2.24, 2.45) is 33.5 Å². The van der Waals surface area contributed by atoms with Gasteiger partial charge in [-0.05, 0) is 36.3 Å². The monoisotopic (exact) mass is 542 g/mol. The maximum atomic E-state index is 13.3. The highest BCUT2D eigenvalue weighted by Crippen LogP contribution is 2.76. The topological polar surface area (TPSA) is 122 Å². The summed E-state index contributed by atoms with van der Waals surface area (Å²) in [5, 5.41) is 0. The summed E-state index contributed by atoms with van der Waals surface area (Å²) in [5.41, 5.74) is -3.25. The van der Waals surface area contributed by atoms with Crippen molar-refractivity contribution < 1.29 is 42.5 Å². The summed E-state index contributed by atoms with van der Waals surface area (Å²) < 4.78 is 29.0. The Kier molecular flexibility index (Phi) is 6.22. The fraction of sp³-hybridized carbons (Fsp3) is 0.667. The van der Waals surface area contributed by atoms with Crippen LogP contribution >= 0.6 is 0 Å². The Hall–Kier alpha value is -2.94. The first-order chi connectivity index (χ1) is 18.1. The van der Waals surface area contributed by atoms with Crippen molar-refractivity contribution in [2.45, 2.75) is 79.1 Å². The molecule has 3 fully saturated rings. The molecule has 3 heterocycles. The average Bonchev–Trinajstić information content (AvgIpc) is 3.43. The van der Waals surface area contributed by atoms with Gasteiger partial charge in [-0.25, -0.2) is 4.79 Å². The number of ether oxygens (including phenoxy) is 4. The van der Waals surface area contributed by atoms with Gasteiger partial charge >= 0.3 is 17.9 Å². The van der Waals surface area contributed by atoms with Crippen LogP contribution in [0.1, 0.15) is 73.0 Å². The van der Waals surface area contributed by atoms with Gasteiger partial charge in [-0.1, -0.05) is 40.7 Å². The lowest BCUT2D eigenvalue weighted by atomic mass is 9.41. The molecule has 1 spiro atoms. The molecule has 0 radical (unpaired) electrons. The number of cyclic esters (lactones) is 1. The molecule has 4 aliphatic rings. The number of ketones is 1. The van der Waals surface area contributed by atoms with Crippen LogP contribution in [0.25, 0.3) is 0 Å². The second-order valence-electron chi connectivity index (χ2n) is 13.0. The van der Waals surface area contributed by atoms with E-state index in [0.29, 0.717) is 12.8 Å². The number of carbonyl (C=O) groups excluding carboxylic acids is 4. The first-order valence-electron chi connectivity index (χ1n) is 13.6. The summed E-state index contributed by atoms with van der Waals surface area (Å²) in [7, 11) is 0. The minimum absolute atomic E-state index is 0.0164. The zero-order valence-corrected chi connectivity index (χ0v) is 23.7. The van der Waals surface area contributed by atoms with Gasteiger partial charge in [0.1, 0.15) is 11.7 Å². The van der Waals surface area contributed by atoms with Crippen LogP contribution in [-0.2, 0) is 38.1 Å². The van der Waals surface area contributed by atoms with E-state index in [1.165, 1.54) is 13.8 Å². The molecule has 1 aromatic rings. The van der Waals surface area contributed by atoms with Crippen LogP contribution in [0.5, 0.6) is 0 Å². The molecule has 0 bridgehead atoms. The van der Waals surface area contributed by atoms with Crippen LogP contribution in [0.4, 0.5) is 0 Å². The van der Waals surface area contributed by atoms with Gasteiger partial charge in [-0.15, -0.1) is 0 Å². The van der Waals surface area contributed by atoms with Crippen molar-refractivity contribution in [3.63, 3.8) is 0 Å². The van der Waals surface area contributed by atoms with Gasteiger partial charge in [0.05, 0.1) is 25.7 Å². The van der Waals surface area contributed by atoms with E-state index in [2.05, 4.69) is 13.8 Å². The minimum atomic E-state index is -0.996. The normalized spacial score (nSPS) is 42.1. The highest BCUT2D eigenvalue weighted by Gasteiger charge is 2.86. The molecule has 212 valence electrons. The minimum Gasteiger partial charge on any atom is -0.472 e. The SMILES string of the molecule is CC(=O)OCC1C(C)(C)C(=O)C=CC1(C)C1CCC2(C)C(c3ccoc3)OC(=O)C3OC32C1(C)COC(C)=O. The van der Waals surface area contributed by atoms with Crippen LogP contribution in [0, 0.1) is 33.5 Å². The van der Waals surface area contributed by atoms with Gasteiger partial charge in [0, 0.05) is 41.6 Å². The summed E-state index contributed by atoms with van der Waals surface area (Å²) in [6.45, 7) is 12.7. The van der Waals surface area contributed by atoms with Gasteiger partial charge in [-0.2, -0.15) is 0 Å². The van der Waals surface area contributed by atoms with Crippen molar-refractivity contribution >= 4 is 23.7 Å². The van der Waals surface area contributed by atoms with Gasteiger partial charge in [-0.3, -0.25) is 14.4 Å². The molecule has 9 heteroatoms. The van der Waals surface area contributed by atoms with Crippen molar-refractivity contribution in [1.82, 2.24) is 0 Å². The summed E-state index contributed by atoms with van der Waals surface area (Å²) >= 11 is 0. The number of furan rings is 1. The van der Waals surface area contributed by atoms with E-state index in [1.807, 2.05) is 26.8 Å². The maximum Gasteiger partial charge on any atom is 0.339 e. The summed E-state index contributed by atoms with van der Waals surface area (Å²) in [6.07, 6.45) is 6.58. The Morgan fingerprint density at radius 1 is 1.03 bits per heavy atom. The first kappa shape index (κ1) is 27.6. The van der Waals surface area contributed by atoms with E-state index < -0.39 is 57.4 Å². The van der Waals surface area contributed by atoms with Crippen molar-refractivity contribution in [3.05, 3.63) is 36.3 Å². The first-order valence-corrected chi connectivity index (χ1v) is 13.6. The average molecular weight is 543 g/mol. The number of allylic oxidation sites excluding steroid dienone is 2. The van der Waals surface area contributed by atoms with Gasteiger partial charge in [0.2, 0.25) is 0 Å². The number of esters is 3. The van der Waals surface area contributed by atoms with Crippen LogP contribution in [0.15, 0.2) is 35.2 Å². The van der Waals surface area contributed by atoms with Gasteiger partial charge < -0.3 is 23.4 Å². The Balaban J connectivity index is 1.66. The zero-order valence-electron chi connectivity index (χ0n) is 23.7. The number of hydrogen-bond donors (Lipinski definition) is 0. The molecule has 39 heavy (non-hydrogen) atoms. The summed E-state index contributed by atoms with van der Waals surface area (Å²) in [5.74, 6) is -1.93. The second kappa shape index (κ2) is 8.78. The third-order valence-electron chi connectivity index (χ3n) is 10.5. The van der Waals surface area contributed by atoms with E-state index in [0.717, 1.165) is 5.56 Å². The van der Waals surface area contributed by atoms with Crippen LogP contribution < -0.4 is 0 Å². The summed E-state index contributed by atoms with van der Waals surface area (Å²) in [6, 6.07) is 1.80. The lowest BCUT2D eigenvalue weighted by molar-refractivity contribution is -0.212. The number of rotatable bonds is 6. The lowest BCUT2D eigenvalue weighted by Crippen LogP contribution is -2.67. The largest absolute Gasteiger partial charge is 0.472 e. The number of epoxide rings is 1. The van der Waals surface area contributed by atoms with E-state index in [-0.39, 0.29) is 30.8 Å². The third kappa shape index (κ3) is 3.68. The Morgan fingerprint density at radius 2 is 1.72 bits per heavy atom. The van der Waals surface area contributed by atoms with Gasteiger partial charge in [0.15, 0.2) is 11.9 Å². The molecule has 2 saturated heterocycles. The maximum absolute atomic E-state index is 13.3. The number of carbonyl (C=O) groups is 4. The Labute approximate surface area is 228 Å². The predicted octanol–water partition coefficient (Wildman–Crippen LogP) is 4.35. The molecular formula is C30H38O9. The molecular weight excluding hydrogens is 504 g/mol. The van der Waals surface area contributed by atoms with Crippen molar-refractivity contribution in [2.75, 3.05) is 13.2 Å². The van der Waals surface area contributed by atoms with Gasteiger partial charge in [0.25, 0.3) is 0 Å². The molecule has 0 aromatic carbocycles. The molecule has 2 aliphatic carbocycles. The molecule has 1 saturated carbocycles. The van der Waals surface area contributed by atoms with E-state index in [4.69, 9.17) is 23.4 Å². The Morgan fingerprint density at radius 3 is 2.33 bits per heavy atom. The van der Waals surface area contributed by atoms with Crippen LogP contribution in [0.2, 0.25) is 0 Å². The third-order valence-corrected chi connectivity index (χ3v) is 10.5. The highest BCUT2D eigenvalue weighted by molar-refractivity contribution is 5.95. The molecule has 9 nitrogen and oxygen atoms in total. The van der Waals surface area contributed by atoms with Crippen LogP contribution in [-0.4, -0.2) is 48.6 Å². The quantitative estimate of drug-likeness (QED) is 0.293. The van der Waals surface area contributed by atoms with Crippen molar-refractivity contribution in [1.29, 1.82) is 0 Å². The standard InChI is InChI=1S/C30H38O9/c1-17(31)36-15-21-26(3,4)22(33)9-11-27(21,5)20-8-12-28(6)23(19-10-13-35-14-19)38-25(34)24-30(28,39-24)29(20,7)16-37-18(2)32/h9-11,13-14,20-21,23-24H,8,12,15-16H2,1-7H3. The molecule has 0 N–H and O–H groups in total. The molecule has 8 unspecified atom stereocenters. The van der Waals surface area contributed by atoms with E-state index >= 15 is 0 Å². The molecule has 5 rings (SSSR count). The second-order valence-corrected chi connectivity index (χ2v) is 13.0. The van der Waals surface area contributed by atoms with E-state index in [1.54, 1.807) is 24.7 Å². The lowest BCUT2D eigenvalue weighted by Gasteiger charge is -2.63. The molecule has 2 aliphatic heterocycles. The summed E-state index contributed by atoms with van der Waals surface area (Å²) in [4.78, 5) is 50.5. The number of hydrogen-bond acceptors (Lipinski definition) is 9.